The SMILES string of the molecule is CC=CC(=O)c1cc(C)c(O)c(C)c1. The van der Waals surface area contributed by atoms with Crippen molar-refractivity contribution in [3.8, 4) is 5.75 Å². The van der Waals surface area contributed by atoms with Gasteiger partial charge in [0.1, 0.15) is 5.75 Å². The summed E-state index contributed by atoms with van der Waals surface area (Å²) in [5.41, 5.74) is 2.09. The molecule has 74 valence electrons. The molecule has 0 aromatic heterocycles. The number of carbonyl (C=O) groups is 1. The van der Waals surface area contributed by atoms with Crippen molar-refractivity contribution in [3.63, 3.8) is 0 Å². The Bertz CT molecular complexity index is 366. The molecular weight excluding hydrogens is 176 g/mol. The first-order chi connectivity index (χ1) is 6.56. The molecule has 0 saturated heterocycles. The minimum absolute atomic E-state index is 0.0290. The highest BCUT2D eigenvalue weighted by Gasteiger charge is 2.07. The maximum atomic E-state index is 11.5. The molecule has 0 aliphatic carbocycles. The second-order valence-corrected chi connectivity index (χ2v) is 3.32. The molecule has 2 nitrogen and oxygen atoms in total. The van der Waals surface area contributed by atoms with Gasteiger partial charge in [0.25, 0.3) is 0 Å². The number of phenolic OH excluding ortho intramolecular Hbond substituents is 1. The molecule has 0 unspecified atom stereocenters. The minimum Gasteiger partial charge on any atom is -0.507 e. The fraction of sp³-hybridized carbons (Fsp3) is 0.250. The average molecular weight is 190 g/mol. The van der Waals surface area contributed by atoms with Crippen LogP contribution in [0.4, 0.5) is 0 Å². The summed E-state index contributed by atoms with van der Waals surface area (Å²) in [7, 11) is 0. The Morgan fingerprint density at radius 1 is 1.29 bits per heavy atom. The van der Waals surface area contributed by atoms with Crippen LogP contribution in [0.5, 0.6) is 5.75 Å². The first kappa shape index (κ1) is 10.5. The average Bonchev–Trinajstić information content (AvgIpc) is 2.13. The molecule has 0 fully saturated rings. The Hall–Kier alpha value is -1.57. The lowest BCUT2D eigenvalue weighted by Gasteiger charge is -2.05. The third-order valence-corrected chi connectivity index (χ3v) is 2.09. The number of rotatable bonds is 2. The number of carbonyl (C=O) groups excluding carboxylic acids is 1. The van der Waals surface area contributed by atoms with Gasteiger partial charge in [-0.15, -0.1) is 0 Å². The summed E-state index contributed by atoms with van der Waals surface area (Å²) in [4.78, 5) is 11.5. The van der Waals surface area contributed by atoms with Crippen molar-refractivity contribution in [1.82, 2.24) is 0 Å². The van der Waals surface area contributed by atoms with E-state index >= 15 is 0 Å². The van der Waals surface area contributed by atoms with Crippen molar-refractivity contribution in [3.05, 3.63) is 41.0 Å². The van der Waals surface area contributed by atoms with Gasteiger partial charge in [-0.1, -0.05) is 6.08 Å². The highest BCUT2D eigenvalue weighted by Crippen LogP contribution is 2.23. The molecule has 2 heteroatoms. The molecule has 0 bridgehead atoms. The second-order valence-electron chi connectivity index (χ2n) is 3.32. The first-order valence-electron chi connectivity index (χ1n) is 4.53. The van der Waals surface area contributed by atoms with Crippen LogP contribution < -0.4 is 0 Å². The third kappa shape index (κ3) is 2.02. The summed E-state index contributed by atoms with van der Waals surface area (Å²) >= 11 is 0. The molecule has 0 radical (unpaired) electrons. The number of hydrogen-bond acceptors (Lipinski definition) is 2. The van der Waals surface area contributed by atoms with Crippen molar-refractivity contribution >= 4 is 5.78 Å². The molecule has 1 rings (SSSR count). The van der Waals surface area contributed by atoms with Crippen LogP contribution in [0.25, 0.3) is 0 Å². The number of allylic oxidation sites excluding steroid dienone is 2. The lowest BCUT2D eigenvalue weighted by Crippen LogP contribution is -1.96. The van der Waals surface area contributed by atoms with Gasteiger partial charge in [0.15, 0.2) is 5.78 Å². The summed E-state index contributed by atoms with van der Waals surface area (Å²) in [5.74, 6) is 0.237. The minimum atomic E-state index is -0.0290. The van der Waals surface area contributed by atoms with Crippen LogP contribution >= 0.6 is 0 Å². The quantitative estimate of drug-likeness (QED) is 0.575. The van der Waals surface area contributed by atoms with Gasteiger partial charge in [0.2, 0.25) is 0 Å². The van der Waals surface area contributed by atoms with E-state index in [1.807, 2.05) is 0 Å². The number of benzene rings is 1. The van der Waals surface area contributed by atoms with E-state index in [0.717, 1.165) is 11.1 Å². The Morgan fingerprint density at radius 2 is 1.79 bits per heavy atom. The van der Waals surface area contributed by atoms with E-state index < -0.39 is 0 Å². The summed E-state index contributed by atoms with van der Waals surface area (Å²) < 4.78 is 0. The smallest absolute Gasteiger partial charge is 0.185 e. The highest BCUT2D eigenvalue weighted by atomic mass is 16.3. The molecule has 0 heterocycles. The Morgan fingerprint density at radius 3 is 2.21 bits per heavy atom. The Balaban J connectivity index is 3.19. The van der Waals surface area contributed by atoms with E-state index in [4.69, 9.17) is 0 Å². The fourth-order valence-electron chi connectivity index (χ4n) is 1.35. The molecule has 14 heavy (non-hydrogen) atoms. The number of phenols is 1. The summed E-state index contributed by atoms with van der Waals surface area (Å²) in [6, 6.07) is 3.40. The summed E-state index contributed by atoms with van der Waals surface area (Å²) in [6.45, 7) is 5.38. The van der Waals surface area contributed by atoms with Crippen LogP contribution in [0.2, 0.25) is 0 Å². The van der Waals surface area contributed by atoms with Crippen LogP contribution in [0, 0.1) is 13.8 Å². The lowest BCUT2D eigenvalue weighted by molar-refractivity contribution is 0.104. The second kappa shape index (κ2) is 4.09. The lowest BCUT2D eigenvalue weighted by atomic mass is 10.0. The van der Waals surface area contributed by atoms with Crippen molar-refractivity contribution in [1.29, 1.82) is 0 Å². The van der Waals surface area contributed by atoms with E-state index in [0.29, 0.717) is 5.56 Å². The first-order valence-corrected chi connectivity index (χ1v) is 4.53. The maximum absolute atomic E-state index is 11.5. The predicted molar refractivity (Wildman–Crippen MR) is 56.7 cm³/mol. The molecule has 0 atom stereocenters. The van der Waals surface area contributed by atoms with E-state index in [1.54, 1.807) is 39.0 Å². The molecular formula is C12H14O2. The summed E-state index contributed by atoms with van der Waals surface area (Å²) in [6.07, 6.45) is 3.23. The maximum Gasteiger partial charge on any atom is 0.185 e. The summed E-state index contributed by atoms with van der Waals surface area (Å²) in [5, 5.41) is 9.51. The van der Waals surface area contributed by atoms with E-state index in [1.165, 1.54) is 6.08 Å². The van der Waals surface area contributed by atoms with Crippen molar-refractivity contribution in [2.75, 3.05) is 0 Å². The zero-order valence-electron chi connectivity index (χ0n) is 8.66. The highest BCUT2D eigenvalue weighted by molar-refractivity contribution is 6.04. The van der Waals surface area contributed by atoms with Gasteiger partial charge < -0.3 is 5.11 Å². The largest absolute Gasteiger partial charge is 0.507 e. The monoisotopic (exact) mass is 190 g/mol. The van der Waals surface area contributed by atoms with E-state index in [9.17, 15) is 9.90 Å². The van der Waals surface area contributed by atoms with Gasteiger partial charge in [-0.3, -0.25) is 4.79 Å². The molecule has 0 aliphatic heterocycles. The van der Waals surface area contributed by atoms with Gasteiger partial charge >= 0.3 is 0 Å². The van der Waals surface area contributed by atoms with Crippen LogP contribution in [-0.2, 0) is 0 Å². The van der Waals surface area contributed by atoms with Gasteiger partial charge in [0.05, 0.1) is 0 Å². The molecule has 1 aromatic rings. The topological polar surface area (TPSA) is 37.3 Å². The fourth-order valence-corrected chi connectivity index (χ4v) is 1.35. The van der Waals surface area contributed by atoms with Gasteiger partial charge in [-0.25, -0.2) is 0 Å². The van der Waals surface area contributed by atoms with Gasteiger partial charge in [-0.05, 0) is 50.1 Å². The molecule has 0 amide bonds. The van der Waals surface area contributed by atoms with E-state index in [-0.39, 0.29) is 11.5 Å². The zero-order chi connectivity index (χ0) is 10.7. The number of aryl methyl sites for hydroxylation is 2. The van der Waals surface area contributed by atoms with Crippen molar-refractivity contribution in [2.45, 2.75) is 20.8 Å². The molecule has 1 N–H and O–H groups in total. The van der Waals surface area contributed by atoms with Gasteiger partial charge in [0, 0.05) is 5.56 Å². The van der Waals surface area contributed by atoms with Crippen molar-refractivity contribution in [2.24, 2.45) is 0 Å². The molecule has 0 aliphatic rings. The predicted octanol–water partition coefficient (Wildman–Crippen LogP) is 2.77. The zero-order valence-corrected chi connectivity index (χ0v) is 8.66. The Labute approximate surface area is 83.9 Å². The standard InChI is InChI=1S/C12H14O2/c1-4-5-11(13)10-6-8(2)12(14)9(3)7-10/h4-7,14H,1-3H3. The van der Waals surface area contributed by atoms with Crippen molar-refractivity contribution < 1.29 is 9.90 Å². The molecule has 0 spiro atoms. The number of hydrogen-bond donors (Lipinski definition) is 1. The van der Waals surface area contributed by atoms with E-state index in [2.05, 4.69) is 0 Å². The normalized spacial score (nSPS) is 10.8. The number of ketones is 1. The number of aromatic hydroxyl groups is 1. The molecule has 1 aromatic carbocycles. The van der Waals surface area contributed by atoms with Crippen LogP contribution in [0.1, 0.15) is 28.4 Å². The van der Waals surface area contributed by atoms with Crippen LogP contribution in [0.15, 0.2) is 24.3 Å². The third-order valence-electron chi connectivity index (χ3n) is 2.09. The van der Waals surface area contributed by atoms with Gasteiger partial charge in [-0.2, -0.15) is 0 Å². The Kier molecular flexibility index (Phi) is 3.07. The van der Waals surface area contributed by atoms with Crippen LogP contribution in [0.3, 0.4) is 0 Å². The molecule has 0 saturated carbocycles. The van der Waals surface area contributed by atoms with Crippen LogP contribution in [-0.4, -0.2) is 10.9 Å².